The third-order valence-corrected chi connectivity index (χ3v) is 4.16. The lowest BCUT2D eigenvalue weighted by Gasteiger charge is -2.33. The van der Waals surface area contributed by atoms with Gasteiger partial charge in [-0.15, -0.1) is 0 Å². The van der Waals surface area contributed by atoms with Crippen molar-refractivity contribution in [2.75, 3.05) is 39.4 Å². The van der Waals surface area contributed by atoms with Gasteiger partial charge in [-0.05, 0) is 58.4 Å². The van der Waals surface area contributed by atoms with Crippen molar-refractivity contribution in [2.45, 2.75) is 45.6 Å². The zero-order valence-electron chi connectivity index (χ0n) is 13.7. The number of nitrogens with one attached hydrogen (secondary N) is 1. The van der Waals surface area contributed by atoms with Crippen LogP contribution in [0.15, 0.2) is 0 Å². The molecular formula is C16H30N2O3. The van der Waals surface area contributed by atoms with Gasteiger partial charge in [0.2, 0.25) is 0 Å². The van der Waals surface area contributed by atoms with E-state index in [1.54, 1.807) is 0 Å². The summed E-state index contributed by atoms with van der Waals surface area (Å²) in [6.07, 6.45) is 3.14. The van der Waals surface area contributed by atoms with Crippen molar-refractivity contribution in [3.8, 4) is 0 Å². The van der Waals surface area contributed by atoms with Crippen molar-refractivity contribution < 1.29 is 14.3 Å². The molecule has 0 spiro atoms. The summed E-state index contributed by atoms with van der Waals surface area (Å²) in [4.78, 5) is 13.8. The van der Waals surface area contributed by atoms with Crippen LogP contribution in [0.2, 0.25) is 0 Å². The Labute approximate surface area is 128 Å². The summed E-state index contributed by atoms with van der Waals surface area (Å²) in [5, 5.41) is 3.56. The molecule has 1 unspecified atom stereocenters. The molecule has 2 saturated heterocycles. The van der Waals surface area contributed by atoms with Crippen molar-refractivity contribution in [2.24, 2.45) is 11.8 Å². The minimum absolute atomic E-state index is 0.169. The number of carbonyl (C=O) groups excluding carboxylic acids is 1. The molecule has 21 heavy (non-hydrogen) atoms. The van der Waals surface area contributed by atoms with Gasteiger partial charge in [-0.2, -0.15) is 0 Å². The second kappa shape index (κ2) is 7.45. The lowest BCUT2D eigenvalue weighted by molar-refractivity contribution is 0.0184. The van der Waals surface area contributed by atoms with E-state index < -0.39 is 5.60 Å². The molecule has 2 heterocycles. The molecule has 2 rings (SSSR count). The number of likely N-dealkylation sites (tertiary alicyclic amines) is 1. The van der Waals surface area contributed by atoms with E-state index in [0.29, 0.717) is 11.8 Å². The van der Waals surface area contributed by atoms with Crippen LogP contribution in [0.3, 0.4) is 0 Å². The molecule has 1 N–H and O–H groups in total. The van der Waals surface area contributed by atoms with Crippen molar-refractivity contribution in [1.82, 2.24) is 10.2 Å². The average Bonchev–Trinajstić information content (AvgIpc) is 2.91. The summed E-state index contributed by atoms with van der Waals surface area (Å²) in [5.41, 5.74) is -0.404. The van der Waals surface area contributed by atoms with Crippen LogP contribution in [-0.4, -0.2) is 56.0 Å². The van der Waals surface area contributed by atoms with E-state index in [1.165, 1.54) is 6.42 Å². The first kappa shape index (κ1) is 16.6. The van der Waals surface area contributed by atoms with Gasteiger partial charge in [0.15, 0.2) is 0 Å². The van der Waals surface area contributed by atoms with E-state index in [9.17, 15) is 4.79 Å². The third kappa shape index (κ3) is 5.83. The Morgan fingerprint density at radius 2 is 1.86 bits per heavy atom. The lowest BCUT2D eigenvalue weighted by Crippen LogP contribution is -2.43. The van der Waals surface area contributed by atoms with Gasteiger partial charge in [0.1, 0.15) is 5.60 Å². The first-order valence-electron chi connectivity index (χ1n) is 8.20. The second-order valence-corrected chi connectivity index (χ2v) is 7.30. The minimum Gasteiger partial charge on any atom is -0.444 e. The van der Waals surface area contributed by atoms with Gasteiger partial charge in [0.05, 0.1) is 6.61 Å². The lowest BCUT2D eigenvalue weighted by atomic mass is 9.97. The minimum atomic E-state index is -0.404. The molecule has 2 aliphatic rings. The summed E-state index contributed by atoms with van der Waals surface area (Å²) in [6, 6.07) is 0. The fourth-order valence-corrected chi connectivity index (χ4v) is 2.88. The summed E-state index contributed by atoms with van der Waals surface area (Å²) in [5.74, 6) is 1.36. The molecule has 0 aromatic rings. The van der Waals surface area contributed by atoms with Crippen LogP contribution in [0.25, 0.3) is 0 Å². The van der Waals surface area contributed by atoms with Gasteiger partial charge in [-0.1, -0.05) is 0 Å². The number of carbonyl (C=O) groups is 1. The fourth-order valence-electron chi connectivity index (χ4n) is 2.88. The smallest absolute Gasteiger partial charge is 0.410 e. The Morgan fingerprint density at radius 3 is 2.43 bits per heavy atom. The second-order valence-electron chi connectivity index (χ2n) is 7.30. The number of piperidine rings is 1. The Balaban J connectivity index is 1.60. The molecule has 0 bridgehead atoms. The maximum absolute atomic E-state index is 12.0. The highest BCUT2D eigenvalue weighted by Gasteiger charge is 2.26. The zero-order chi connectivity index (χ0) is 15.3. The maximum atomic E-state index is 12.0. The van der Waals surface area contributed by atoms with Crippen molar-refractivity contribution in [3.05, 3.63) is 0 Å². The molecule has 2 aliphatic heterocycles. The Hall–Kier alpha value is -0.810. The highest BCUT2D eigenvalue weighted by molar-refractivity contribution is 5.68. The Kier molecular flexibility index (Phi) is 5.88. The van der Waals surface area contributed by atoms with Gasteiger partial charge in [-0.25, -0.2) is 4.79 Å². The number of nitrogens with zero attached hydrogens (tertiary/aromatic N) is 1. The molecule has 0 saturated carbocycles. The van der Waals surface area contributed by atoms with E-state index >= 15 is 0 Å². The predicted molar refractivity (Wildman–Crippen MR) is 82.3 cm³/mol. The predicted octanol–water partition coefficient (Wildman–Crippen LogP) is 2.26. The van der Waals surface area contributed by atoms with Crippen LogP contribution in [0.1, 0.15) is 40.0 Å². The SMILES string of the molecule is CC(C)(C)OC(=O)N1CCC(CNCC2CCOC2)CC1. The van der Waals surface area contributed by atoms with Crippen LogP contribution in [0, 0.1) is 11.8 Å². The highest BCUT2D eigenvalue weighted by Crippen LogP contribution is 2.19. The van der Waals surface area contributed by atoms with E-state index in [0.717, 1.165) is 52.2 Å². The van der Waals surface area contributed by atoms with Crippen molar-refractivity contribution in [1.29, 1.82) is 0 Å². The molecule has 1 amide bonds. The van der Waals surface area contributed by atoms with Crippen LogP contribution in [0.5, 0.6) is 0 Å². The van der Waals surface area contributed by atoms with Crippen LogP contribution in [0.4, 0.5) is 4.79 Å². The molecule has 2 fully saturated rings. The number of hydrogen-bond acceptors (Lipinski definition) is 4. The van der Waals surface area contributed by atoms with Gasteiger partial charge in [-0.3, -0.25) is 0 Å². The molecule has 122 valence electrons. The standard InChI is InChI=1S/C16H30N2O3/c1-16(2,3)21-15(19)18-7-4-13(5-8-18)10-17-11-14-6-9-20-12-14/h13-14,17H,4-12H2,1-3H3. The maximum Gasteiger partial charge on any atom is 0.410 e. The first-order chi connectivity index (χ1) is 9.94. The van der Waals surface area contributed by atoms with E-state index in [4.69, 9.17) is 9.47 Å². The molecule has 0 aromatic carbocycles. The van der Waals surface area contributed by atoms with Crippen molar-refractivity contribution in [3.63, 3.8) is 0 Å². The number of amides is 1. The van der Waals surface area contributed by atoms with Crippen LogP contribution in [-0.2, 0) is 9.47 Å². The van der Waals surface area contributed by atoms with Crippen LogP contribution < -0.4 is 5.32 Å². The quantitative estimate of drug-likeness (QED) is 0.865. The first-order valence-corrected chi connectivity index (χ1v) is 8.20. The Morgan fingerprint density at radius 1 is 1.19 bits per heavy atom. The van der Waals surface area contributed by atoms with E-state index in [2.05, 4.69) is 5.32 Å². The summed E-state index contributed by atoms with van der Waals surface area (Å²) in [7, 11) is 0. The highest BCUT2D eigenvalue weighted by atomic mass is 16.6. The summed E-state index contributed by atoms with van der Waals surface area (Å²) < 4.78 is 10.8. The monoisotopic (exact) mass is 298 g/mol. The van der Waals surface area contributed by atoms with Gasteiger partial charge in [0.25, 0.3) is 0 Å². The van der Waals surface area contributed by atoms with Gasteiger partial charge in [0, 0.05) is 26.2 Å². The third-order valence-electron chi connectivity index (χ3n) is 4.16. The van der Waals surface area contributed by atoms with E-state index in [-0.39, 0.29) is 6.09 Å². The van der Waals surface area contributed by atoms with Gasteiger partial charge >= 0.3 is 6.09 Å². The molecule has 0 aliphatic carbocycles. The number of rotatable bonds is 4. The number of hydrogen-bond donors (Lipinski definition) is 1. The largest absolute Gasteiger partial charge is 0.444 e. The summed E-state index contributed by atoms with van der Waals surface area (Å²) in [6.45, 7) is 11.3. The fraction of sp³-hybridized carbons (Fsp3) is 0.938. The molecule has 5 heteroatoms. The summed E-state index contributed by atoms with van der Waals surface area (Å²) >= 11 is 0. The average molecular weight is 298 g/mol. The number of ether oxygens (including phenoxy) is 2. The molecule has 1 atom stereocenters. The van der Waals surface area contributed by atoms with Crippen LogP contribution >= 0.6 is 0 Å². The van der Waals surface area contributed by atoms with Gasteiger partial charge < -0.3 is 19.7 Å². The van der Waals surface area contributed by atoms with E-state index in [1.807, 2.05) is 25.7 Å². The topological polar surface area (TPSA) is 50.8 Å². The molecular weight excluding hydrogens is 268 g/mol. The normalized spacial score (nSPS) is 24.3. The Bertz CT molecular complexity index is 327. The zero-order valence-corrected chi connectivity index (χ0v) is 13.7. The molecule has 0 aromatic heterocycles. The molecule has 0 radical (unpaired) electrons. The molecule has 5 nitrogen and oxygen atoms in total. The van der Waals surface area contributed by atoms with Crippen molar-refractivity contribution >= 4 is 6.09 Å².